The Balaban J connectivity index is 1.69. The quantitative estimate of drug-likeness (QED) is 0.345. The van der Waals surface area contributed by atoms with E-state index in [1.54, 1.807) is 30.3 Å². The van der Waals surface area contributed by atoms with Crippen LogP contribution in [0.25, 0.3) is 6.08 Å². The number of urea groups is 1. The lowest BCUT2D eigenvalue weighted by molar-refractivity contribution is -0.122. The second-order valence-corrected chi connectivity index (χ2v) is 8.67. The monoisotopic (exact) mass is 524 g/mol. The molecule has 0 spiro atoms. The highest BCUT2D eigenvalue weighted by Gasteiger charge is 2.37. The highest BCUT2D eigenvalue weighted by molar-refractivity contribution is 9.10. The van der Waals surface area contributed by atoms with Crippen molar-refractivity contribution in [1.82, 2.24) is 5.32 Å². The molecule has 1 aliphatic rings. The number of amides is 4. The van der Waals surface area contributed by atoms with Gasteiger partial charge in [0.2, 0.25) is 0 Å². The van der Waals surface area contributed by atoms with Crippen molar-refractivity contribution in [3.05, 3.63) is 98.5 Å². The lowest BCUT2D eigenvalue weighted by Crippen LogP contribution is -2.54. The molecule has 1 N–H and O–H groups in total. The van der Waals surface area contributed by atoms with Crippen molar-refractivity contribution in [2.24, 2.45) is 0 Å². The summed E-state index contributed by atoms with van der Waals surface area (Å²) in [6.45, 7) is 2.12. The number of carbonyl (C=O) groups is 3. The Bertz CT molecular complexity index is 1290. The number of imide groups is 2. The van der Waals surface area contributed by atoms with Gasteiger partial charge in [-0.25, -0.2) is 9.69 Å². The Morgan fingerprint density at radius 3 is 2.52 bits per heavy atom. The molecule has 1 heterocycles. The van der Waals surface area contributed by atoms with Gasteiger partial charge in [-0.1, -0.05) is 63.9 Å². The molecular weight excluding hydrogens is 508 g/mol. The van der Waals surface area contributed by atoms with Crippen LogP contribution in [-0.2, 0) is 16.2 Å². The smallest absolute Gasteiger partial charge is 0.335 e. The van der Waals surface area contributed by atoms with Gasteiger partial charge in [0.25, 0.3) is 11.8 Å². The molecule has 3 aromatic carbocycles. The van der Waals surface area contributed by atoms with Crippen LogP contribution in [0.3, 0.4) is 0 Å². The summed E-state index contributed by atoms with van der Waals surface area (Å²) >= 11 is 9.58. The average molecular weight is 526 g/mol. The van der Waals surface area contributed by atoms with Crippen LogP contribution in [-0.4, -0.2) is 17.8 Å². The zero-order valence-corrected chi connectivity index (χ0v) is 19.8. The molecule has 1 saturated heterocycles. The van der Waals surface area contributed by atoms with E-state index in [0.717, 1.165) is 20.5 Å². The third-order valence-electron chi connectivity index (χ3n) is 5.02. The summed E-state index contributed by atoms with van der Waals surface area (Å²) in [5, 5.41) is 2.62. The molecule has 0 aromatic heterocycles. The number of nitrogens with zero attached hydrogens (tertiary/aromatic N) is 1. The van der Waals surface area contributed by atoms with E-state index in [9.17, 15) is 14.4 Å². The molecule has 0 aliphatic carbocycles. The molecule has 4 rings (SSSR count). The van der Waals surface area contributed by atoms with Gasteiger partial charge in [-0.05, 0) is 54.5 Å². The molecule has 0 atom stereocenters. The van der Waals surface area contributed by atoms with Gasteiger partial charge < -0.3 is 4.74 Å². The van der Waals surface area contributed by atoms with Gasteiger partial charge in [-0.2, -0.15) is 0 Å². The van der Waals surface area contributed by atoms with Crippen LogP contribution in [0.1, 0.15) is 16.7 Å². The number of hydrogen-bond donors (Lipinski definition) is 1. The molecule has 1 fully saturated rings. The van der Waals surface area contributed by atoms with Crippen LogP contribution < -0.4 is 15.0 Å². The van der Waals surface area contributed by atoms with Crippen molar-refractivity contribution in [2.45, 2.75) is 13.5 Å². The van der Waals surface area contributed by atoms with Crippen LogP contribution in [0.15, 0.2) is 76.8 Å². The predicted octanol–water partition coefficient (Wildman–Crippen LogP) is 5.66. The van der Waals surface area contributed by atoms with Crippen LogP contribution in [0.2, 0.25) is 5.02 Å². The minimum Gasteiger partial charge on any atom is -0.488 e. The maximum absolute atomic E-state index is 13.2. The summed E-state index contributed by atoms with van der Waals surface area (Å²) in [6.07, 6.45) is 1.41. The summed E-state index contributed by atoms with van der Waals surface area (Å²) in [7, 11) is 0. The van der Waals surface area contributed by atoms with Crippen LogP contribution in [0, 0.1) is 6.92 Å². The van der Waals surface area contributed by atoms with Gasteiger partial charge in [0, 0.05) is 15.1 Å². The first-order valence-electron chi connectivity index (χ1n) is 9.97. The number of benzene rings is 3. The predicted molar refractivity (Wildman–Crippen MR) is 130 cm³/mol. The molecule has 0 saturated carbocycles. The molecule has 6 nitrogen and oxygen atoms in total. The molecular formula is C25H18BrClN2O4. The van der Waals surface area contributed by atoms with Gasteiger partial charge >= 0.3 is 6.03 Å². The number of aryl methyl sites for hydroxylation is 1. The van der Waals surface area contributed by atoms with Crippen LogP contribution in [0.5, 0.6) is 5.75 Å². The summed E-state index contributed by atoms with van der Waals surface area (Å²) in [5.74, 6) is -1.05. The van der Waals surface area contributed by atoms with Crippen LogP contribution >= 0.6 is 27.5 Å². The number of hydrogen-bond acceptors (Lipinski definition) is 4. The van der Waals surface area contributed by atoms with Crippen molar-refractivity contribution >= 4 is 57.1 Å². The molecule has 166 valence electrons. The zero-order valence-electron chi connectivity index (χ0n) is 17.5. The highest BCUT2D eigenvalue weighted by atomic mass is 79.9. The van der Waals surface area contributed by atoms with Gasteiger partial charge in [0.1, 0.15) is 17.9 Å². The Morgan fingerprint density at radius 1 is 1.03 bits per heavy atom. The van der Waals surface area contributed by atoms with E-state index in [-0.39, 0.29) is 11.3 Å². The number of halogens is 2. The summed E-state index contributed by atoms with van der Waals surface area (Å²) in [4.78, 5) is 39.1. The maximum atomic E-state index is 13.2. The van der Waals surface area contributed by atoms with Crippen molar-refractivity contribution in [3.8, 4) is 5.75 Å². The Morgan fingerprint density at radius 2 is 1.79 bits per heavy atom. The van der Waals surface area contributed by atoms with E-state index >= 15 is 0 Å². The van der Waals surface area contributed by atoms with E-state index in [1.165, 1.54) is 12.1 Å². The van der Waals surface area contributed by atoms with E-state index in [1.807, 2.05) is 37.3 Å². The Kier molecular flexibility index (Phi) is 6.62. The number of barbiturate groups is 1. The summed E-state index contributed by atoms with van der Waals surface area (Å²) < 4.78 is 6.68. The van der Waals surface area contributed by atoms with Crippen molar-refractivity contribution < 1.29 is 19.1 Å². The molecule has 3 aromatic rings. The minimum absolute atomic E-state index is 0.200. The van der Waals surface area contributed by atoms with E-state index in [2.05, 4.69) is 21.2 Å². The second-order valence-electron chi connectivity index (χ2n) is 7.35. The summed E-state index contributed by atoms with van der Waals surface area (Å²) in [6, 6.07) is 18.9. The molecule has 1 aliphatic heterocycles. The standard InChI is InChI=1S/C25H18BrClN2O4/c1-15-7-9-19(13-21(15)27)29-24(31)20(23(30)28-25(29)32)12-17-11-18(26)8-10-22(17)33-14-16-5-3-2-4-6-16/h2-13H,14H2,1H3,(H,28,30,32)/b20-12-. The Hall–Kier alpha value is -3.42. The molecule has 33 heavy (non-hydrogen) atoms. The number of anilines is 1. The van der Waals surface area contributed by atoms with Crippen molar-refractivity contribution in [1.29, 1.82) is 0 Å². The third kappa shape index (κ3) is 4.99. The minimum atomic E-state index is -0.836. The molecule has 0 radical (unpaired) electrons. The molecule has 0 bridgehead atoms. The molecule has 0 unspecified atom stereocenters. The Labute approximate surface area is 203 Å². The first kappa shape index (κ1) is 22.8. The fraction of sp³-hybridized carbons (Fsp3) is 0.0800. The number of ether oxygens (including phenoxy) is 1. The normalized spacial score (nSPS) is 15.1. The van der Waals surface area contributed by atoms with Gasteiger partial charge in [0.05, 0.1) is 5.69 Å². The number of nitrogens with one attached hydrogen (secondary N) is 1. The lowest BCUT2D eigenvalue weighted by Gasteiger charge is -2.26. The third-order valence-corrected chi connectivity index (χ3v) is 5.92. The summed E-state index contributed by atoms with van der Waals surface area (Å²) in [5.41, 5.74) is 2.34. The van der Waals surface area contributed by atoms with Crippen LogP contribution in [0.4, 0.5) is 10.5 Å². The average Bonchev–Trinajstić information content (AvgIpc) is 2.79. The van der Waals surface area contributed by atoms with E-state index < -0.39 is 17.8 Å². The highest BCUT2D eigenvalue weighted by Crippen LogP contribution is 2.30. The van der Waals surface area contributed by atoms with Gasteiger partial charge in [-0.3, -0.25) is 14.9 Å². The second kappa shape index (κ2) is 9.60. The number of carbonyl (C=O) groups excluding carboxylic acids is 3. The fourth-order valence-electron chi connectivity index (χ4n) is 3.27. The fourth-order valence-corrected chi connectivity index (χ4v) is 3.82. The maximum Gasteiger partial charge on any atom is 0.335 e. The topological polar surface area (TPSA) is 75.7 Å². The molecule has 4 amide bonds. The van der Waals surface area contributed by atoms with Gasteiger partial charge in [-0.15, -0.1) is 0 Å². The van der Waals surface area contributed by atoms with E-state index in [4.69, 9.17) is 16.3 Å². The van der Waals surface area contributed by atoms with Crippen molar-refractivity contribution in [2.75, 3.05) is 4.90 Å². The number of rotatable bonds is 5. The van der Waals surface area contributed by atoms with E-state index in [0.29, 0.717) is 22.9 Å². The lowest BCUT2D eigenvalue weighted by atomic mass is 10.1. The first-order valence-corrected chi connectivity index (χ1v) is 11.1. The SMILES string of the molecule is Cc1ccc(N2C(=O)NC(=O)/C(=C/c3cc(Br)ccc3OCc3ccccc3)C2=O)cc1Cl. The largest absolute Gasteiger partial charge is 0.488 e. The zero-order chi connectivity index (χ0) is 23.5. The molecule has 8 heteroatoms. The van der Waals surface area contributed by atoms with Crippen molar-refractivity contribution in [3.63, 3.8) is 0 Å². The first-order chi connectivity index (χ1) is 15.8. The van der Waals surface area contributed by atoms with Gasteiger partial charge in [0.15, 0.2) is 0 Å².